The van der Waals surface area contributed by atoms with Gasteiger partial charge in [0.25, 0.3) is 0 Å². The fraction of sp³-hybridized carbons (Fsp3) is 0.182. The van der Waals surface area contributed by atoms with E-state index in [2.05, 4.69) is 10.1 Å². The smallest absolute Gasteiger partial charge is 0.228 e. The summed E-state index contributed by atoms with van der Waals surface area (Å²) in [5, 5.41) is 4.39. The molecule has 0 amide bonds. The van der Waals surface area contributed by atoms with Crippen LogP contribution in [0.4, 0.5) is 13.2 Å². The maximum Gasteiger partial charge on any atom is 0.417 e. The van der Waals surface area contributed by atoms with Crippen LogP contribution in [0.1, 0.15) is 22.4 Å². The molecule has 4 aromatic rings. The van der Waals surface area contributed by atoms with E-state index in [1.165, 1.54) is 4.68 Å². The van der Waals surface area contributed by atoms with Crippen LogP contribution in [0.25, 0.3) is 28.0 Å². The van der Waals surface area contributed by atoms with Gasteiger partial charge < -0.3 is 0 Å². The van der Waals surface area contributed by atoms with Crippen LogP contribution >= 0.6 is 0 Å². The molecule has 0 aliphatic heterocycles. The van der Waals surface area contributed by atoms with Crippen molar-refractivity contribution < 1.29 is 13.2 Å². The first kappa shape index (κ1) is 18.2. The molecule has 0 saturated carbocycles. The van der Waals surface area contributed by atoms with Crippen molar-refractivity contribution in [3.05, 3.63) is 77.0 Å². The van der Waals surface area contributed by atoms with Crippen molar-refractivity contribution >= 4 is 11.0 Å². The monoisotopic (exact) mass is 381 g/mol. The fourth-order valence-electron chi connectivity index (χ4n) is 3.31. The summed E-state index contributed by atoms with van der Waals surface area (Å²) < 4.78 is 43.1. The summed E-state index contributed by atoms with van der Waals surface area (Å²) in [5.41, 5.74) is 3.45. The van der Waals surface area contributed by atoms with Gasteiger partial charge in [-0.05, 0) is 56.2 Å². The third kappa shape index (κ3) is 3.05. The second kappa shape index (κ2) is 6.48. The number of aryl methyl sites for hydroxylation is 3. The number of alkyl halides is 3. The lowest BCUT2D eigenvalue weighted by molar-refractivity contribution is -0.136. The number of pyridine rings is 1. The summed E-state index contributed by atoms with van der Waals surface area (Å²) in [4.78, 5) is 4.59. The predicted molar refractivity (Wildman–Crippen MR) is 104 cm³/mol. The van der Waals surface area contributed by atoms with Crippen molar-refractivity contribution in [3.8, 4) is 16.9 Å². The Bertz CT molecular complexity index is 1180. The molecule has 0 spiro atoms. The Hall–Kier alpha value is -3.15. The molecular formula is C22H18F3N3. The molecule has 0 saturated heterocycles. The minimum Gasteiger partial charge on any atom is -0.228 e. The van der Waals surface area contributed by atoms with Crippen molar-refractivity contribution in [2.24, 2.45) is 0 Å². The average molecular weight is 381 g/mol. The highest BCUT2D eigenvalue weighted by molar-refractivity contribution is 5.87. The first-order valence-electron chi connectivity index (χ1n) is 8.86. The lowest BCUT2D eigenvalue weighted by atomic mass is 10.0. The van der Waals surface area contributed by atoms with Crippen LogP contribution in [-0.2, 0) is 6.18 Å². The van der Waals surface area contributed by atoms with Crippen molar-refractivity contribution in [3.63, 3.8) is 0 Å². The van der Waals surface area contributed by atoms with E-state index in [-0.39, 0.29) is 16.7 Å². The summed E-state index contributed by atoms with van der Waals surface area (Å²) in [7, 11) is 0. The summed E-state index contributed by atoms with van der Waals surface area (Å²) >= 11 is 0. The third-order valence-corrected chi connectivity index (χ3v) is 4.92. The molecule has 0 aliphatic rings. The number of hydrogen-bond donors (Lipinski definition) is 0. The molecule has 6 heteroatoms. The zero-order chi connectivity index (χ0) is 20.1. The van der Waals surface area contributed by atoms with Crippen molar-refractivity contribution in [1.29, 1.82) is 0 Å². The van der Waals surface area contributed by atoms with E-state index < -0.39 is 11.7 Å². The first-order chi connectivity index (χ1) is 13.3. The van der Waals surface area contributed by atoms with Crippen LogP contribution < -0.4 is 0 Å². The van der Waals surface area contributed by atoms with Crippen molar-refractivity contribution in [1.82, 2.24) is 14.8 Å². The minimum atomic E-state index is -4.51. The summed E-state index contributed by atoms with van der Waals surface area (Å²) in [6, 6.07) is 15.7. The standard InChI is InChI=1S/C22H18F3N3/c1-13-9-10-16(11-14(13)2)19-12-18(22(23,24)25)20-15(3)27-28(21(20)26-19)17-7-5-4-6-8-17/h4-12H,1-3H3. The molecule has 0 atom stereocenters. The Kier molecular flexibility index (Phi) is 4.22. The third-order valence-electron chi connectivity index (χ3n) is 4.92. The van der Waals surface area contributed by atoms with Crippen LogP contribution in [0, 0.1) is 20.8 Å². The number of benzene rings is 2. The van der Waals surface area contributed by atoms with Crippen molar-refractivity contribution in [2.75, 3.05) is 0 Å². The molecule has 0 aliphatic carbocycles. The van der Waals surface area contributed by atoms with E-state index in [4.69, 9.17) is 0 Å². The van der Waals surface area contributed by atoms with Gasteiger partial charge in [-0.2, -0.15) is 18.3 Å². The van der Waals surface area contributed by atoms with Gasteiger partial charge in [0.2, 0.25) is 0 Å². The van der Waals surface area contributed by atoms with E-state index in [0.29, 0.717) is 16.9 Å². The Morgan fingerprint density at radius 1 is 0.857 bits per heavy atom. The molecule has 0 fully saturated rings. The van der Waals surface area contributed by atoms with Gasteiger partial charge in [-0.25, -0.2) is 9.67 Å². The number of hydrogen-bond acceptors (Lipinski definition) is 2. The Labute approximate surface area is 160 Å². The van der Waals surface area contributed by atoms with Gasteiger partial charge in [0, 0.05) is 5.56 Å². The van der Waals surface area contributed by atoms with Crippen LogP contribution in [0.3, 0.4) is 0 Å². The van der Waals surface area contributed by atoms with E-state index >= 15 is 0 Å². The molecule has 2 aromatic heterocycles. The lowest BCUT2D eigenvalue weighted by Crippen LogP contribution is -2.08. The zero-order valence-corrected chi connectivity index (χ0v) is 15.7. The molecule has 2 aromatic carbocycles. The maximum absolute atomic E-state index is 13.9. The van der Waals surface area contributed by atoms with E-state index in [9.17, 15) is 13.2 Å². The predicted octanol–water partition coefficient (Wildman–Crippen LogP) is 6.03. The summed E-state index contributed by atoms with van der Waals surface area (Å²) in [6.45, 7) is 5.47. The van der Waals surface area contributed by atoms with Gasteiger partial charge in [-0.1, -0.05) is 30.3 Å². The van der Waals surface area contributed by atoms with Crippen LogP contribution in [0.15, 0.2) is 54.6 Å². The summed E-state index contributed by atoms with van der Waals surface area (Å²) in [6.07, 6.45) is -4.51. The quantitative estimate of drug-likeness (QED) is 0.424. The number of nitrogens with zero attached hydrogens (tertiary/aromatic N) is 3. The summed E-state index contributed by atoms with van der Waals surface area (Å²) in [5.74, 6) is 0. The highest BCUT2D eigenvalue weighted by Gasteiger charge is 2.35. The van der Waals surface area contributed by atoms with E-state index in [1.807, 2.05) is 44.2 Å². The maximum atomic E-state index is 13.9. The molecule has 0 radical (unpaired) electrons. The molecule has 28 heavy (non-hydrogen) atoms. The topological polar surface area (TPSA) is 30.7 Å². The first-order valence-corrected chi connectivity index (χ1v) is 8.86. The minimum absolute atomic E-state index is 0.0314. The van der Waals surface area contributed by atoms with Gasteiger partial charge >= 0.3 is 6.18 Å². The molecule has 2 heterocycles. The van der Waals surface area contributed by atoms with Gasteiger partial charge in [0.15, 0.2) is 5.65 Å². The molecule has 0 unspecified atom stereocenters. The second-order valence-electron chi connectivity index (χ2n) is 6.88. The van der Waals surface area contributed by atoms with Crippen molar-refractivity contribution in [2.45, 2.75) is 26.9 Å². The largest absolute Gasteiger partial charge is 0.417 e. The van der Waals surface area contributed by atoms with Gasteiger partial charge in [0.1, 0.15) is 0 Å². The molecule has 0 bridgehead atoms. The van der Waals surface area contributed by atoms with Gasteiger partial charge in [-0.15, -0.1) is 0 Å². The Balaban J connectivity index is 2.06. The molecule has 3 nitrogen and oxygen atoms in total. The number of halogens is 3. The van der Waals surface area contributed by atoms with Crippen LogP contribution in [0.5, 0.6) is 0 Å². The lowest BCUT2D eigenvalue weighted by Gasteiger charge is -2.12. The average Bonchev–Trinajstić information content (AvgIpc) is 3.00. The normalized spacial score (nSPS) is 11.9. The fourth-order valence-corrected chi connectivity index (χ4v) is 3.31. The second-order valence-corrected chi connectivity index (χ2v) is 6.88. The highest BCUT2D eigenvalue weighted by Crippen LogP contribution is 2.38. The van der Waals surface area contributed by atoms with E-state index in [0.717, 1.165) is 17.2 Å². The molecule has 142 valence electrons. The number of para-hydroxylation sites is 1. The van der Waals surface area contributed by atoms with Crippen LogP contribution in [0.2, 0.25) is 0 Å². The number of fused-ring (bicyclic) bond motifs is 1. The number of aromatic nitrogens is 3. The van der Waals surface area contributed by atoms with Gasteiger partial charge in [-0.3, -0.25) is 0 Å². The molecule has 4 rings (SSSR count). The Morgan fingerprint density at radius 3 is 2.21 bits per heavy atom. The molecule has 0 N–H and O–H groups in total. The van der Waals surface area contributed by atoms with Crippen LogP contribution in [-0.4, -0.2) is 14.8 Å². The molecular weight excluding hydrogens is 363 g/mol. The number of rotatable bonds is 2. The SMILES string of the molecule is Cc1ccc(-c2cc(C(F)(F)F)c3c(C)nn(-c4ccccc4)c3n2)cc1C. The highest BCUT2D eigenvalue weighted by atomic mass is 19.4. The zero-order valence-electron chi connectivity index (χ0n) is 15.7. The van der Waals surface area contributed by atoms with Gasteiger partial charge in [0.05, 0.1) is 28.0 Å². The van der Waals surface area contributed by atoms with E-state index in [1.54, 1.807) is 25.1 Å². The Morgan fingerprint density at radius 2 is 1.57 bits per heavy atom.